The summed E-state index contributed by atoms with van der Waals surface area (Å²) < 4.78 is 19.8. The van der Waals surface area contributed by atoms with E-state index in [-0.39, 0.29) is 12.6 Å². The van der Waals surface area contributed by atoms with Crippen LogP contribution in [-0.2, 0) is 18.6 Å². The lowest BCUT2D eigenvalue weighted by Gasteiger charge is -2.05. The number of carbonyl (C=O) groups excluding carboxylic acids is 1. The molecular weight excluding hydrogens is 283 g/mol. The zero-order valence-corrected chi connectivity index (χ0v) is 13.1. The van der Waals surface area contributed by atoms with Crippen molar-refractivity contribution in [3.63, 3.8) is 0 Å². The van der Waals surface area contributed by atoms with Gasteiger partial charge in [-0.2, -0.15) is 0 Å². The van der Waals surface area contributed by atoms with Crippen LogP contribution in [-0.4, -0.2) is 29.0 Å². The molecule has 0 aliphatic carbocycles. The minimum atomic E-state index is -4.30. The monoisotopic (exact) mass is 310 g/mol. The zero-order chi connectivity index (χ0) is 15.3. The van der Waals surface area contributed by atoms with E-state index in [1.807, 2.05) is 6.92 Å². The lowest BCUT2D eigenvalue weighted by atomic mass is 10.1. The summed E-state index contributed by atoms with van der Waals surface area (Å²) in [6.45, 7) is 2.63. The summed E-state index contributed by atoms with van der Waals surface area (Å²) >= 11 is 0. The molecule has 6 nitrogen and oxygen atoms in total. The van der Waals surface area contributed by atoms with Crippen molar-refractivity contribution in [2.75, 3.05) is 13.2 Å². The van der Waals surface area contributed by atoms with Crippen LogP contribution in [0.5, 0.6) is 0 Å². The van der Waals surface area contributed by atoms with E-state index in [4.69, 9.17) is 14.5 Å². The Kier molecular flexibility index (Phi) is 12.1. The highest BCUT2D eigenvalue weighted by atomic mass is 31.2. The van der Waals surface area contributed by atoms with Crippen molar-refractivity contribution in [3.05, 3.63) is 0 Å². The van der Waals surface area contributed by atoms with Crippen molar-refractivity contribution in [1.29, 1.82) is 0 Å². The molecule has 0 aromatic heterocycles. The largest absolute Gasteiger partial charge is 0.469 e. The van der Waals surface area contributed by atoms with Crippen molar-refractivity contribution >= 4 is 13.8 Å². The highest BCUT2D eigenvalue weighted by molar-refractivity contribution is 7.46. The van der Waals surface area contributed by atoms with Crippen molar-refractivity contribution in [3.8, 4) is 0 Å². The van der Waals surface area contributed by atoms with Crippen molar-refractivity contribution in [2.24, 2.45) is 0 Å². The van der Waals surface area contributed by atoms with Gasteiger partial charge in [-0.05, 0) is 19.3 Å². The van der Waals surface area contributed by atoms with Crippen molar-refractivity contribution in [1.82, 2.24) is 0 Å². The van der Waals surface area contributed by atoms with E-state index < -0.39 is 7.82 Å². The third-order valence-electron chi connectivity index (χ3n) is 2.80. The lowest BCUT2D eigenvalue weighted by Crippen LogP contribution is -2.05. The fourth-order valence-corrected chi connectivity index (χ4v) is 2.04. The van der Waals surface area contributed by atoms with Gasteiger partial charge in [-0.3, -0.25) is 9.32 Å². The van der Waals surface area contributed by atoms with Crippen molar-refractivity contribution in [2.45, 2.75) is 64.7 Å². The van der Waals surface area contributed by atoms with E-state index in [0.717, 1.165) is 44.9 Å². The molecule has 0 aliphatic rings. The number of phosphoric acid groups is 1. The van der Waals surface area contributed by atoms with Crippen LogP contribution in [0.3, 0.4) is 0 Å². The fraction of sp³-hybridized carbons (Fsp3) is 0.923. The molecule has 0 rings (SSSR count). The van der Waals surface area contributed by atoms with Crippen LogP contribution in [0.15, 0.2) is 0 Å². The Labute approximate surface area is 121 Å². The lowest BCUT2D eigenvalue weighted by molar-refractivity contribution is -0.143. The SMILES string of the molecule is CCCCC(=O)OCCCCCCCCOP(=O)(O)O. The van der Waals surface area contributed by atoms with E-state index in [9.17, 15) is 9.36 Å². The van der Waals surface area contributed by atoms with Gasteiger partial charge >= 0.3 is 13.8 Å². The summed E-state index contributed by atoms with van der Waals surface area (Å²) in [6.07, 6.45) is 7.83. The van der Waals surface area contributed by atoms with Gasteiger partial charge in [-0.15, -0.1) is 0 Å². The molecule has 0 fully saturated rings. The highest BCUT2D eigenvalue weighted by Crippen LogP contribution is 2.35. The van der Waals surface area contributed by atoms with Crippen LogP contribution in [0.25, 0.3) is 0 Å². The molecule has 0 saturated heterocycles. The summed E-state index contributed by atoms with van der Waals surface area (Å²) in [7, 11) is -4.30. The number of rotatable bonds is 13. The van der Waals surface area contributed by atoms with Gasteiger partial charge in [0.2, 0.25) is 0 Å². The molecule has 0 amide bonds. The Morgan fingerprint density at radius 1 is 0.950 bits per heavy atom. The predicted molar refractivity (Wildman–Crippen MR) is 76.2 cm³/mol. The van der Waals surface area contributed by atoms with Gasteiger partial charge in [0.15, 0.2) is 0 Å². The van der Waals surface area contributed by atoms with Crippen LogP contribution in [0.2, 0.25) is 0 Å². The number of carbonyl (C=O) groups is 1. The summed E-state index contributed by atoms with van der Waals surface area (Å²) in [5, 5.41) is 0. The van der Waals surface area contributed by atoms with E-state index in [1.54, 1.807) is 0 Å². The average molecular weight is 310 g/mol. The maximum Gasteiger partial charge on any atom is 0.469 e. The first kappa shape index (κ1) is 19.6. The number of esters is 1. The fourth-order valence-electron chi connectivity index (χ4n) is 1.67. The van der Waals surface area contributed by atoms with Gasteiger partial charge in [0.05, 0.1) is 13.2 Å². The molecule has 120 valence electrons. The predicted octanol–water partition coefficient (Wildman–Crippen LogP) is 3.17. The quantitative estimate of drug-likeness (QED) is 0.308. The summed E-state index contributed by atoms with van der Waals surface area (Å²) in [4.78, 5) is 28.1. The molecular formula is C13H27O6P. The molecule has 0 bridgehead atoms. The molecule has 0 aromatic rings. The molecule has 0 aliphatic heterocycles. The van der Waals surface area contributed by atoms with Gasteiger partial charge in [0.1, 0.15) is 0 Å². The Balaban J connectivity index is 3.17. The Hall–Kier alpha value is -0.420. The van der Waals surface area contributed by atoms with Gasteiger partial charge in [0, 0.05) is 6.42 Å². The highest BCUT2D eigenvalue weighted by Gasteiger charge is 2.12. The van der Waals surface area contributed by atoms with Crippen LogP contribution in [0, 0.1) is 0 Å². The Bertz CT molecular complexity index is 289. The number of hydrogen-bond donors (Lipinski definition) is 2. The summed E-state index contributed by atoms with van der Waals surface area (Å²) in [5.74, 6) is -0.110. The minimum absolute atomic E-state index is 0.0965. The average Bonchev–Trinajstić information content (AvgIpc) is 2.37. The summed E-state index contributed by atoms with van der Waals surface area (Å²) in [6, 6.07) is 0. The first-order valence-electron chi connectivity index (χ1n) is 7.31. The Morgan fingerprint density at radius 2 is 1.50 bits per heavy atom. The minimum Gasteiger partial charge on any atom is -0.466 e. The standard InChI is InChI=1S/C13H27O6P/c1-2-3-10-13(14)18-11-8-6-4-5-7-9-12-19-20(15,16)17/h2-12H2,1H3,(H2,15,16,17). The molecule has 0 aromatic carbocycles. The first-order chi connectivity index (χ1) is 9.45. The normalized spacial score (nSPS) is 11.6. The van der Waals surface area contributed by atoms with E-state index in [2.05, 4.69) is 4.52 Å². The van der Waals surface area contributed by atoms with Gasteiger partial charge in [-0.25, -0.2) is 4.57 Å². The molecule has 0 atom stereocenters. The number of phosphoric ester groups is 1. The van der Waals surface area contributed by atoms with Gasteiger partial charge < -0.3 is 14.5 Å². The van der Waals surface area contributed by atoms with Crippen LogP contribution in [0.1, 0.15) is 64.7 Å². The molecule has 2 N–H and O–H groups in total. The van der Waals surface area contributed by atoms with E-state index in [1.165, 1.54) is 0 Å². The van der Waals surface area contributed by atoms with E-state index >= 15 is 0 Å². The van der Waals surface area contributed by atoms with Gasteiger partial charge in [0.25, 0.3) is 0 Å². The second-order valence-electron chi connectivity index (χ2n) is 4.77. The molecule has 0 spiro atoms. The molecule has 0 saturated carbocycles. The first-order valence-corrected chi connectivity index (χ1v) is 8.84. The number of hydrogen-bond acceptors (Lipinski definition) is 4. The maximum absolute atomic E-state index is 11.2. The molecule has 0 radical (unpaired) electrons. The maximum atomic E-state index is 11.2. The molecule has 7 heteroatoms. The second-order valence-corrected chi connectivity index (χ2v) is 6.01. The molecule has 20 heavy (non-hydrogen) atoms. The summed E-state index contributed by atoms with van der Waals surface area (Å²) in [5.41, 5.74) is 0. The Morgan fingerprint density at radius 3 is 2.05 bits per heavy atom. The molecule has 0 unspecified atom stereocenters. The van der Waals surface area contributed by atoms with Gasteiger partial charge in [-0.1, -0.05) is 39.0 Å². The van der Waals surface area contributed by atoms with Crippen molar-refractivity contribution < 1.29 is 28.4 Å². The number of unbranched alkanes of at least 4 members (excludes halogenated alkanes) is 6. The van der Waals surface area contributed by atoms with Crippen LogP contribution >= 0.6 is 7.82 Å². The third kappa shape index (κ3) is 15.6. The zero-order valence-electron chi connectivity index (χ0n) is 12.3. The smallest absolute Gasteiger partial charge is 0.466 e. The third-order valence-corrected chi connectivity index (χ3v) is 3.31. The van der Waals surface area contributed by atoms with Crippen LogP contribution < -0.4 is 0 Å². The number of ether oxygens (including phenoxy) is 1. The second kappa shape index (κ2) is 12.3. The van der Waals surface area contributed by atoms with Crippen LogP contribution in [0.4, 0.5) is 0 Å². The topological polar surface area (TPSA) is 93.1 Å². The van der Waals surface area contributed by atoms with E-state index in [0.29, 0.717) is 19.4 Å². The molecule has 0 heterocycles.